The highest BCUT2D eigenvalue weighted by molar-refractivity contribution is 5.88. The van der Waals surface area contributed by atoms with Gasteiger partial charge in [-0.1, -0.05) is 42.5 Å². The van der Waals surface area contributed by atoms with Crippen LogP contribution in [0.5, 0.6) is 0 Å². The predicted molar refractivity (Wildman–Crippen MR) is 125 cm³/mol. The number of amides is 1. The van der Waals surface area contributed by atoms with Crippen LogP contribution in [0.3, 0.4) is 0 Å². The number of nitrogens with zero attached hydrogens (tertiary/aromatic N) is 2. The van der Waals surface area contributed by atoms with Crippen LogP contribution in [-0.2, 0) is 29.0 Å². The summed E-state index contributed by atoms with van der Waals surface area (Å²) in [5.74, 6) is -2.00. The number of halogens is 3. The van der Waals surface area contributed by atoms with E-state index >= 15 is 0 Å². The first-order valence-electron chi connectivity index (χ1n) is 10.9. The van der Waals surface area contributed by atoms with Crippen LogP contribution in [0.4, 0.5) is 18.9 Å². The van der Waals surface area contributed by atoms with Gasteiger partial charge in [0.25, 0.3) is 0 Å². The molecule has 1 aromatic heterocycles. The molecular weight excluding hydrogens is 461 g/mol. The molecule has 7 nitrogen and oxygen atoms in total. The van der Waals surface area contributed by atoms with Crippen molar-refractivity contribution in [3.63, 3.8) is 0 Å². The van der Waals surface area contributed by atoms with Crippen LogP contribution < -0.4 is 10.6 Å². The number of alkyl halides is 3. The number of aliphatic carboxylic acids is 1. The van der Waals surface area contributed by atoms with Crippen LogP contribution >= 0.6 is 0 Å². The maximum atomic E-state index is 11.1. The van der Waals surface area contributed by atoms with E-state index in [2.05, 4.69) is 15.6 Å². The molecule has 2 aromatic carbocycles. The zero-order valence-corrected chi connectivity index (χ0v) is 19.0. The van der Waals surface area contributed by atoms with E-state index in [9.17, 15) is 18.0 Å². The average molecular weight is 486 g/mol. The highest BCUT2D eigenvalue weighted by atomic mass is 19.4. The Hall–Kier alpha value is -3.79. The molecule has 1 amide bonds. The number of aromatic nitrogens is 2. The quantitative estimate of drug-likeness (QED) is 0.495. The number of aryl methyl sites for hydroxylation is 1. The zero-order valence-electron chi connectivity index (χ0n) is 19.0. The summed E-state index contributed by atoms with van der Waals surface area (Å²) in [7, 11) is 0. The fourth-order valence-electron chi connectivity index (χ4n) is 3.58. The minimum atomic E-state index is -5.08. The van der Waals surface area contributed by atoms with E-state index < -0.39 is 12.1 Å². The van der Waals surface area contributed by atoms with Crippen molar-refractivity contribution in [2.24, 2.45) is 0 Å². The lowest BCUT2D eigenvalue weighted by Crippen LogP contribution is -2.34. The molecule has 1 unspecified atom stereocenters. The van der Waals surface area contributed by atoms with E-state index in [1.165, 1.54) is 23.7 Å². The Balaban J connectivity index is 0.000000429. The molecule has 0 spiro atoms. The van der Waals surface area contributed by atoms with Crippen molar-refractivity contribution in [3.8, 4) is 11.4 Å². The van der Waals surface area contributed by atoms with Crippen LogP contribution in [0.15, 0.2) is 60.8 Å². The van der Waals surface area contributed by atoms with E-state index in [-0.39, 0.29) is 5.91 Å². The number of fused-ring (bicyclic) bond motifs is 1. The summed E-state index contributed by atoms with van der Waals surface area (Å²) in [6.07, 6.45) is -0.103. The predicted octanol–water partition coefficient (Wildman–Crippen LogP) is 4.38. The van der Waals surface area contributed by atoms with E-state index in [4.69, 9.17) is 14.9 Å². The third-order valence-electron chi connectivity index (χ3n) is 5.29. The van der Waals surface area contributed by atoms with Crippen molar-refractivity contribution in [1.29, 1.82) is 0 Å². The number of carboxylic acids is 1. The van der Waals surface area contributed by atoms with Crippen molar-refractivity contribution >= 4 is 17.6 Å². The number of hydrogen-bond donors (Lipinski definition) is 3. The van der Waals surface area contributed by atoms with Crippen LogP contribution in [0.1, 0.15) is 30.2 Å². The van der Waals surface area contributed by atoms with Gasteiger partial charge in [-0.25, -0.2) is 14.8 Å². The van der Waals surface area contributed by atoms with Crippen LogP contribution in [0, 0.1) is 0 Å². The molecule has 184 valence electrons. The molecule has 0 radical (unpaired) electrons. The molecule has 1 atom stereocenters. The van der Waals surface area contributed by atoms with Crippen LogP contribution in [0.2, 0.25) is 0 Å². The number of anilines is 1. The van der Waals surface area contributed by atoms with Crippen molar-refractivity contribution < 1.29 is 27.9 Å². The molecule has 0 saturated heterocycles. The third-order valence-corrected chi connectivity index (χ3v) is 5.29. The number of carbonyl (C=O) groups excluding carboxylic acids is 1. The smallest absolute Gasteiger partial charge is 0.475 e. The second-order valence-corrected chi connectivity index (χ2v) is 8.03. The standard InChI is InChI=1S/C23H24N4O.C2HF3O2/c1-16(28)26-20-9-7-17(8-10-20)14-24-21-11-12-22-19(13-21)15-25-23(27-22)18-5-3-2-4-6-18;3-2(4,5)1(6)7/h2-10,15,21,24H,11-14H2,1H3,(H,26,28);(H,6,7). The van der Waals surface area contributed by atoms with Gasteiger partial charge in [-0.05, 0) is 42.5 Å². The van der Waals surface area contributed by atoms with Crippen molar-refractivity contribution in [1.82, 2.24) is 15.3 Å². The summed E-state index contributed by atoms with van der Waals surface area (Å²) in [5.41, 5.74) is 5.51. The molecular formula is C25H25F3N4O3. The first-order chi connectivity index (χ1) is 16.6. The lowest BCUT2D eigenvalue weighted by molar-refractivity contribution is -0.192. The van der Waals surface area contributed by atoms with Gasteiger partial charge in [0.05, 0.1) is 0 Å². The summed E-state index contributed by atoms with van der Waals surface area (Å²) in [6, 6.07) is 18.5. The molecule has 1 heterocycles. The monoisotopic (exact) mass is 486 g/mol. The summed E-state index contributed by atoms with van der Waals surface area (Å²) in [4.78, 5) is 29.4. The topological polar surface area (TPSA) is 104 Å². The number of benzene rings is 2. The minimum Gasteiger partial charge on any atom is -0.475 e. The lowest BCUT2D eigenvalue weighted by atomic mass is 9.92. The number of hydrogen-bond acceptors (Lipinski definition) is 5. The average Bonchev–Trinajstić information content (AvgIpc) is 2.83. The van der Waals surface area contributed by atoms with Crippen LogP contribution in [-0.4, -0.2) is 39.2 Å². The van der Waals surface area contributed by atoms with E-state index in [0.29, 0.717) is 6.04 Å². The second kappa shape index (κ2) is 11.6. The fourth-order valence-corrected chi connectivity index (χ4v) is 3.58. The Morgan fingerprint density at radius 3 is 2.34 bits per heavy atom. The van der Waals surface area contributed by atoms with Gasteiger partial charge >= 0.3 is 12.1 Å². The van der Waals surface area contributed by atoms with Gasteiger partial charge in [0.1, 0.15) is 0 Å². The summed E-state index contributed by atoms with van der Waals surface area (Å²) < 4.78 is 31.7. The van der Waals surface area contributed by atoms with Gasteiger partial charge in [0, 0.05) is 42.7 Å². The normalized spacial score (nSPS) is 14.8. The van der Waals surface area contributed by atoms with Gasteiger partial charge in [-0.15, -0.1) is 0 Å². The minimum absolute atomic E-state index is 0.0515. The Labute approximate surface area is 200 Å². The van der Waals surface area contributed by atoms with Crippen molar-refractivity contribution in [2.45, 2.75) is 44.9 Å². The highest BCUT2D eigenvalue weighted by Crippen LogP contribution is 2.23. The van der Waals surface area contributed by atoms with Crippen molar-refractivity contribution in [3.05, 3.63) is 77.6 Å². The Kier molecular flexibility index (Phi) is 8.53. The number of nitrogens with one attached hydrogen (secondary N) is 2. The van der Waals surface area contributed by atoms with Crippen molar-refractivity contribution in [2.75, 3.05) is 5.32 Å². The zero-order chi connectivity index (χ0) is 25.4. The Morgan fingerprint density at radius 2 is 1.74 bits per heavy atom. The molecule has 3 N–H and O–H groups in total. The first kappa shape index (κ1) is 25.8. The molecule has 1 aliphatic carbocycles. The molecule has 3 aromatic rings. The van der Waals surface area contributed by atoms with E-state index in [1.54, 1.807) is 0 Å². The number of carboxylic acid groups (broad SMARTS) is 1. The molecule has 0 saturated carbocycles. The summed E-state index contributed by atoms with van der Waals surface area (Å²) in [5, 5.41) is 13.6. The van der Waals surface area contributed by atoms with Gasteiger partial charge in [-0.2, -0.15) is 13.2 Å². The Bertz CT molecular complexity index is 1150. The van der Waals surface area contributed by atoms with Gasteiger partial charge in [0.15, 0.2) is 5.82 Å². The van der Waals surface area contributed by atoms with Gasteiger partial charge in [0.2, 0.25) is 5.91 Å². The largest absolute Gasteiger partial charge is 0.490 e. The molecule has 0 bridgehead atoms. The third kappa shape index (κ3) is 7.89. The molecule has 10 heteroatoms. The molecule has 35 heavy (non-hydrogen) atoms. The number of carbonyl (C=O) groups is 2. The lowest BCUT2D eigenvalue weighted by Gasteiger charge is -2.25. The molecule has 4 rings (SSSR count). The Morgan fingerprint density at radius 1 is 1.09 bits per heavy atom. The summed E-state index contributed by atoms with van der Waals surface area (Å²) >= 11 is 0. The maximum absolute atomic E-state index is 11.1. The highest BCUT2D eigenvalue weighted by Gasteiger charge is 2.38. The fraction of sp³-hybridized carbons (Fsp3) is 0.280. The second-order valence-electron chi connectivity index (χ2n) is 8.03. The van der Waals surface area contributed by atoms with Gasteiger partial charge in [-0.3, -0.25) is 4.79 Å². The number of rotatable bonds is 5. The van der Waals surface area contributed by atoms with Crippen LogP contribution in [0.25, 0.3) is 11.4 Å². The molecule has 1 aliphatic rings. The SMILES string of the molecule is CC(=O)Nc1ccc(CNC2CCc3nc(-c4ccccc4)ncc3C2)cc1.O=C(O)C(F)(F)F. The van der Waals surface area contributed by atoms with E-state index in [1.807, 2.05) is 60.8 Å². The molecule has 0 fully saturated rings. The first-order valence-corrected chi connectivity index (χ1v) is 10.9. The maximum Gasteiger partial charge on any atom is 0.490 e. The van der Waals surface area contributed by atoms with E-state index in [0.717, 1.165) is 42.9 Å². The summed E-state index contributed by atoms with van der Waals surface area (Å²) in [6.45, 7) is 2.33. The van der Waals surface area contributed by atoms with Gasteiger partial charge < -0.3 is 15.7 Å². The molecule has 0 aliphatic heterocycles.